The third-order valence-corrected chi connectivity index (χ3v) is 7.18. The number of imidazole rings is 1. The molecule has 1 N–H and O–H groups in total. The number of methoxy groups -OCH3 is 1. The van der Waals surface area contributed by atoms with E-state index in [2.05, 4.69) is 19.9 Å². The molecule has 0 saturated carbocycles. The largest absolute Gasteiger partial charge is 0.383 e. The number of halogens is 2. The standard InChI is InChI=1S/C28H30F2N8O5/c1-3-10-37-25-22(27(41)38(28(37)42)13-12-35-11-4-5-21(35)39)33-24(34-25)17-6-9-20(31-16-17)36(14-15-43-2)26(40)18-7-8-19(29)32-23(18)30/h6-9,16H,3-5,10-15H2,1-2H3,(H,33,34). The molecule has 0 atom stereocenters. The first-order valence-electron chi connectivity index (χ1n) is 13.8. The zero-order valence-electron chi connectivity index (χ0n) is 23.7. The number of hydrogen-bond donors (Lipinski definition) is 1. The first kappa shape index (κ1) is 29.7. The predicted molar refractivity (Wildman–Crippen MR) is 152 cm³/mol. The number of ether oxygens (including phenoxy) is 1. The van der Waals surface area contributed by atoms with Crippen LogP contribution >= 0.6 is 0 Å². The summed E-state index contributed by atoms with van der Waals surface area (Å²) in [5.74, 6) is -2.65. The average Bonchev–Trinajstić information content (AvgIpc) is 3.62. The van der Waals surface area contributed by atoms with Crippen molar-refractivity contribution in [2.75, 3.05) is 38.3 Å². The monoisotopic (exact) mass is 596 g/mol. The van der Waals surface area contributed by atoms with Crippen LogP contribution in [0.4, 0.5) is 14.6 Å². The summed E-state index contributed by atoms with van der Waals surface area (Å²) in [4.78, 5) is 69.7. The van der Waals surface area contributed by atoms with Crippen molar-refractivity contribution in [3.63, 3.8) is 0 Å². The summed E-state index contributed by atoms with van der Waals surface area (Å²) in [5.41, 5.74) is -0.699. The minimum absolute atomic E-state index is 0.00439. The summed E-state index contributed by atoms with van der Waals surface area (Å²) in [5, 5.41) is 0. The number of nitrogens with zero attached hydrogens (tertiary/aromatic N) is 7. The minimum atomic E-state index is -1.25. The first-order chi connectivity index (χ1) is 20.7. The summed E-state index contributed by atoms with van der Waals surface area (Å²) < 4.78 is 35.2. The molecule has 43 heavy (non-hydrogen) atoms. The molecule has 4 aromatic heterocycles. The molecule has 15 heteroatoms. The molecule has 2 amide bonds. The number of H-pyrrole nitrogens is 1. The molecule has 1 fully saturated rings. The van der Waals surface area contributed by atoms with Crippen LogP contribution in [0.15, 0.2) is 40.1 Å². The fourth-order valence-corrected chi connectivity index (χ4v) is 4.99. The van der Waals surface area contributed by atoms with Crippen molar-refractivity contribution in [1.82, 2.24) is 34.0 Å². The van der Waals surface area contributed by atoms with Crippen LogP contribution in [0.3, 0.4) is 0 Å². The molecule has 226 valence electrons. The van der Waals surface area contributed by atoms with Crippen molar-refractivity contribution in [2.45, 2.75) is 39.3 Å². The quantitative estimate of drug-likeness (QED) is 0.258. The van der Waals surface area contributed by atoms with Crippen molar-refractivity contribution in [2.24, 2.45) is 0 Å². The molecule has 5 rings (SSSR count). The summed E-state index contributed by atoms with van der Waals surface area (Å²) in [7, 11) is 1.44. The maximum atomic E-state index is 14.3. The third kappa shape index (κ3) is 5.93. The maximum Gasteiger partial charge on any atom is 0.332 e. The third-order valence-electron chi connectivity index (χ3n) is 7.18. The highest BCUT2D eigenvalue weighted by Gasteiger charge is 2.25. The lowest BCUT2D eigenvalue weighted by Gasteiger charge is -2.21. The van der Waals surface area contributed by atoms with E-state index in [4.69, 9.17) is 4.74 Å². The van der Waals surface area contributed by atoms with E-state index in [-0.39, 0.29) is 55.0 Å². The second kappa shape index (κ2) is 12.6. The number of nitrogens with one attached hydrogen (secondary N) is 1. The van der Waals surface area contributed by atoms with Gasteiger partial charge < -0.3 is 14.6 Å². The Morgan fingerprint density at radius 2 is 1.88 bits per heavy atom. The zero-order valence-corrected chi connectivity index (χ0v) is 23.7. The van der Waals surface area contributed by atoms with Crippen LogP contribution in [-0.4, -0.2) is 79.1 Å². The van der Waals surface area contributed by atoms with Gasteiger partial charge in [-0.3, -0.25) is 28.4 Å². The van der Waals surface area contributed by atoms with E-state index in [9.17, 15) is 28.0 Å². The highest BCUT2D eigenvalue weighted by Crippen LogP contribution is 2.22. The van der Waals surface area contributed by atoms with Gasteiger partial charge >= 0.3 is 5.69 Å². The Kier molecular flexibility index (Phi) is 8.71. The van der Waals surface area contributed by atoms with Gasteiger partial charge in [0.2, 0.25) is 17.8 Å². The Hall–Kier alpha value is -4.79. The van der Waals surface area contributed by atoms with Gasteiger partial charge in [-0.05, 0) is 37.1 Å². The number of aromatic nitrogens is 6. The normalized spacial score (nSPS) is 13.3. The lowest BCUT2D eigenvalue weighted by Crippen LogP contribution is -2.43. The Morgan fingerprint density at radius 3 is 2.53 bits per heavy atom. The number of anilines is 1. The zero-order chi connectivity index (χ0) is 30.7. The molecule has 5 heterocycles. The molecule has 1 aliphatic rings. The van der Waals surface area contributed by atoms with Crippen LogP contribution in [0.2, 0.25) is 0 Å². The van der Waals surface area contributed by atoms with Gasteiger partial charge in [-0.2, -0.15) is 13.8 Å². The van der Waals surface area contributed by atoms with E-state index in [0.29, 0.717) is 31.5 Å². The van der Waals surface area contributed by atoms with E-state index >= 15 is 0 Å². The van der Waals surface area contributed by atoms with Gasteiger partial charge in [0.1, 0.15) is 17.2 Å². The number of aryl methyl sites for hydroxylation is 1. The van der Waals surface area contributed by atoms with E-state index < -0.39 is 34.6 Å². The summed E-state index contributed by atoms with van der Waals surface area (Å²) in [6.07, 6.45) is 3.25. The number of aromatic amines is 1. The molecular formula is C28H30F2N8O5. The summed E-state index contributed by atoms with van der Waals surface area (Å²) in [6.45, 7) is 3.28. The molecule has 4 aromatic rings. The fourth-order valence-electron chi connectivity index (χ4n) is 4.99. The average molecular weight is 597 g/mol. The molecule has 0 radical (unpaired) electrons. The van der Waals surface area contributed by atoms with Gasteiger partial charge in [-0.1, -0.05) is 6.92 Å². The SMILES string of the molecule is CCCn1c(=O)n(CCN2CCCC2=O)c(=O)c2[nH]c(-c3ccc(N(CCOC)C(=O)c4ccc(F)nc4F)nc3)nc21. The van der Waals surface area contributed by atoms with E-state index in [1.54, 1.807) is 11.0 Å². The van der Waals surface area contributed by atoms with Gasteiger partial charge in [-0.15, -0.1) is 0 Å². The highest BCUT2D eigenvalue weighted by molar-refractivity contribution is 6.05. The van der Waals surface area contributed by atoms with Crippen LogP contribution in [0, 0.1) is 11.9 Å². The minimum Gasteiger partial charge on any atom is -0.383 e. The van der Waals surface area contributed by atoms with E-state index in [1.807, 2.05) is 6.92 Å². The molecule has 0 aliphatic carbocycles. The first-order valence-corrected chi connectivity index (χ1v) is 13.8. The van der Waals surface area contributed by atoms with Crippen molar-refractivity contribution in [1.29, 1.82) is 0 Å². The Bertz CT molecular complexity index is 1780. The fraction of sp³-hybridized carbons (Fsp3) is 0.393. The van der Waals surface area contributed by atoms with Crippen molar-refractivity contribution in [3.05, 3.63) is 68.8 Å². The molecule has 1 aliphatic heterocycles. The molecule has 0 unspecified atom stereocenters. The Morgan fingerprint density at radius 1 is 1.07 bits per heavy atom. The molecule has 0 aromatic carbocycles. The summed E-state index contributed by atoms with van der Waals surface area (Å²) >= 11 is 0. The molecule has 0 bridgehead atoms. The molecule has 0 spiro atoms. The number of carbonyl (C=O) groups is 2. The van der Waals surface area contributed by atoms with Gasteiger partial charge in [0.05, 0.1) is 18.7 Å². The molecular weight excluding hydrogens is 566 g/mol. The van der Waals surface area contributed by atoms with Crippen LogP contribution in [-0.2, 0) is 22.6 Å². The Balaban J connectivity index is 1.48. The second-order valence-corrected chi connectivity index (χ2v) is 9.99. The van der Waals surface area contributed by atoms with Crippen molar-refractivity contribution < 1.29 is 23.1 Å². The lowest BCUT2D eigenvalue weighted by molar-refractivity contribution is -0.127. The maximum absolute atomic E-state index is 14.3. The van der Waals surface area contributed by atoms with Gasteiger partial charge in [0, 0.05) is 51.5 Å². The number of fused-ring (bicyclic) bond motifs is 1. The number of hydrogen-bond acceptors (Lipinski definition) is 8. The van der Waals surface area contributed by atoms with Gasteiger partial charge in [0.25, 0.3) is 11.5 Å². The van der Waals surface area contributed by atoms with Crippen LogP contribution in [0.1, 0.15) is 36.5 Å². The lowest BCUT2D eigenvalue weighted by atomic mass is 10.2. The second-order valence-electron chi connectivity index (χ2n) is 9.99. The van der Waals surface area contributed by atoms with Gasteiger partial charge in [-0.25, -0.2) is 14.8 Å². The number of amides is 2. The summed E-state index contributed by atoms with van der Waals surface area (Å²) in [6, 6.07) is 5.01. The van der Waals surface area contributed by atoms with Crippen LogP contribution in [0.25, 0.3) is 22.6 Å². The molecule has 13 nitrogen and oxygen atoms in total. The number of pyridine rings is 2. The van der Waals surface area contributed by atoms with E-state index in [1.165, 1.54) is 28.8 Å². The number of likely N-dealkylation sites (tertiary alicyclic amines) is 1. The van der Waals surface area contributed by atoms with Crippen LogP contribution < -0.4 is 16.1 Å². The van der Waals surface area contributed by atoms with E-state index in [0.717, 1.165) is 23.1 Å². The Labute approximate surface area is 243 Å². The van der Waals surface area contributed by atoms with Crippen molar-refractivity contribution >= 4 is 28.8 Å². The van der Waals surface area contributed by atoms with Gasteiger partial charge in [0.15, 0.2) is 5.65 Å². The number of carbonyl (C=O) groups excluding carboxylic acids is 2. The van der Waals surface area contributed by atoms with Crippen LogP contribution in [0.5, 0.6) is 0 Å². The topological polar surface area (TPSA) is 148 Å². The predicted octanol–water partition coefficient (Wildman–Crippen LogP) is 1.95. The smallest absolute Gasteiger partial charge is 0.332 e. The number of rotatable bonds is 11. The molecule has 1 saturated heterocycles. The highest BCUT2D eigenvalue weighted by atomic mass is 19.1. The van der Waals surface area contributed by atoms with Crippen molar-refractivity contribution in [3.8, 4) is 11.4 Å².